The molecule has 6 rings (SSSR count). The standard InChI is InChI=1S/C42H43NO9S2/c1-26(18-29(44)24-51-30-12-14-38-34(19-30)41(46)32-8-4-6-10-36(32)53-38)21-48-16-17-50-28(3)23-49-22-27(2)43-40(45)25-52-31-13-15-39-35(20-31)42(47)33-9-5-7-11-37(33)54-39/h4-15,19-20,26-28H,16-18,21-25H2,1-3H3,(H,43,45). The molecule has 0 spiro atoms. The second kappa shape index (κ2) is 18.5. The minimum absolute atomic E-state index is 0.00133. The van der Waals surface area contributed by atoms with Crippen LogP contribution in [-0.4, -0.2) is 70.1 Å². The molecule has 1 amide bonds. The minimum Gasteiger partial charge on any atom is -0.486 e. The van der Waals surface area contributed by atoms with Gasteiger partial charge in [-0.15, -0.1) is 22.7 Å². The normalized spacial score (nSPS) is 13.2. The summed E-state index contributed by atoms with van der Waals surface area (Å²) in [5.41, 5.74) is -0.0950. The molecule has 0 aliphatic carbocycles. The fourth-order valence-corrected chi connectivity index (χ4v) is 8.08. The number of hydrogen-bond acceptors (Lipinski definition) is 11. The number of carbonyl (C=O) groups is 2. The second-order valence-electron chi connectivity index (χ2n) is 13.4. The van der Waals surface area contributed by atoms with Gasteiger partial charge in [0.05, 0.1) is 32.5 Å². The van der Waals surface area contributed by atoms with Gasteiger partial charge < -0.3 is 29.0 Å². The Morgan fingerprint density at radius 3 is 1.80 bits per heavy atom. The molecule has 0 bridgehead atoms. The lowest BCUT2D eigenvalue weighted by Gasteiger charge is -2.18. The number of nitrogens with one attached hydrogen (secondary N) is 1. The molecule has 3 unspecified atom stereocenters. The molecule has 0 aliphatic rings. The molecule has 2 heterocycles. The molecule has 2 aromatic heterocycles. The van der Waals surface area contributed by atoms with Crippen molar-refractivity contribution < 1.29 is 33.3 Å². The Labute approximate surface area is 320 Å². The van der Waals surface area contributed by atoms with E-state index >= 15 is 0 Å². The molecule has 10 nitrogen and oxygen atoms in total. The highest BCUT2D eigenvalue weighted by atomic mass is 32.1. The van der Waals surface area contributed by atoms with E-state index in [1.165, 1.54) is 0 Å². The quantitative estimate of drug-likeness (QED) is 0.0676. The SMILES string of the molecule is CC(COCCOC(C)COCC(C)NC(=O)COc1ccc2sc3ccccc3c(=O)c2c1)CC(=O)COc1ccc2sc3ccccc3c(=O)c2c1. The van der Waals surface area contributed by atoms with Gasteiger partial charge in [0.15, 0.2) is 23.2 Å². The van der Waals surface area contributed by atoms with Crippen molar-refractivity contribution in [2.75, 3.05) is 46.2 Å². The Bertz CT molecular complexity index is 2370. The molecule has 6 aromatic rings. The largest absolute Gasteiger partial charge is 0.486 e. The number of amides is 1. The predicted octanol–water partition coefficient (Wildman–Crippen LogP) is 7.14. The zero-order valence-electron chi connectivity index (χ0n) is 30.5. The van der Waals surface area contributed by atoms with E-state index in [0.717, 1.165) is 18.8 Å². The molecule has 282 valence electrons. The first kappa shape index (κ1) is 39.0. The average molecular weight is 770 g/mol. The summed E-state index contributed by atoms with van der Waals surface area (Å²) in [4.78, 5) is 51.0. The summed E-state index contributed by atoms with van der Waals surface area (Å²) in [6.07, 6.45) is 0.128. The first-order valence-corrected chi connectivity index (χ1v) is 19.5. The van der Waals surface area contributed by atoms with Gasteiger partial charge in [-0.25, -0.2) is 0 Å². The van der Waals surface area contributed by atoms with Gasteiger partial charge in [0, 0.05) is 59.4 Å². The van der Waals surface area contributed by atoms with E-state index in [1.54, 1.807) is 46.9 Å². The fourth-order valence-electron chi connectivity index (χ4n) is 5.97. The minimum atomic E-state index is -0.294. The van der Waals surface area contributed by atoms with Crippen molar-refractivity contribution in [3.63, 3.8) is 0 Å². The highest BCUT2D eigenvalue weighted by Crippen LogP contribution is 2.28. The van der Waals surface area contributed by atoms with Crippen LogP contribution >= 0.6 is 22.7 Å². The third-order valence-electron chi connectivity index (χ3n) is 8.60. The van der Waals surface area contributed by atoms with Crippen LogP contribution in [0.25, 0.3) is 40.3 Å². The van der Waals surface area contributed by atoms with E-state index in [1.807, 2.05) is 81.4 Å². The Kier molecular flexibility index (Phi) is 13.4. The van der Waals surface area contributed by atoms with Crippen LogP contribution in [0.5, 0.6) is 11.5 Å². The second-order valence-corrected chi connectivity index (χ2v) is 15.5. The Hall–Kier alpha value is -4.72. The summed E-state index contributed by atoms with van der Waals surface area (Å²) in [6, 6.07) is 25.4. The molecule has 0 aliphatic heterocycles. The summed E-state index contributed by atoms with van der Waals surface area (Å²) in [7, 11) is 0. The van der Waals surface area contributed by atoms with Crippen molar-refractivity contribution in [1.82, 2.24) is 5.32 Å². The number of Topliss-reactive ketones (excluding diaryl/α,β-unsaturated/α-hetero) is 1. The van der Waals surface area contributed by atoms with Crippen LogP contribution in [0.2, 0.25) is 0 Å². The third-order valence-corrected chi connectivity index (χ3v) is 10.9. The van der Waals surface area contributed by atoms with Crippen LogP contribution in [0.1, 0.15) is 27.2 Å². The average Bonchev–Trinajstić information content (AvgIpc) is 3.16. The van der Waals surface area contributed by atoms with Gasteiger partial charge in [0.1, 0.15) is 18.1 Å². The highest BCUT2D eigenvalue weighted by Gasteiger charge is 2.14. The van der Waals surface area contributed by atoms with Crippen LogP contribution in [-0.2, 0) is 23.8 Å². The molecule has 0 saturated carbocycles. The van der Waals surface area contributed by atoms with Gasteiger partial charge in [-0.05, 0) is 80.4 Å². The lowest BCUT2D eigenvalue weighted by molar-refractivity contribution is -0.124. The summed E-state index contributed by atoms with van der Waals surface area (Å²) in [6.45, 7) is 7.22. The van der Waals surface area contributed by atoms with Crippen LogP contribution in [0.3, 0.4) is 0 Å². The van der Waals surface area contributed by atoms with Crippen molar-refractivity contribution in [3.05, 3.63) is 105 Å². The van der Waals surface area contributed by atoms with Crippen molar-refractivity contribution >= 4 is 74.7 Å². The number of carbonyl (C=O) groups excluding carboxylic acids is 2. The topological polar surface area (TPSA) is 126 Å². The Balaban J connectivity index is 0.809. The maximum atomic E-state index is 13.0. The van der Waals surface area contributed by atoms with Gasteiger partial charge in [0.25, 0.3) is 5.91 Å². The fraction of sp³-hybridized carbons (Fsp3) is 0.333. The van der Waals surface area contributed by atoms with Crippen LogP contribution in [0, 0.1) is 5.92 Å². The van der Waals surface area contributed by atoms with Crippen molar-refractivity contribution in [2.24, 2.45) is 5.92 Å². The van der Waals surface area contributed by atoms with E-state index in [9.17, 15) is 19.2 Å². The van der Waals surface area contributed by atoms with Crippen LogP contribution in [0.15, 0.2) is 94.5 Å². The van der Waals surface area contributed by atoms with Gasteiger partial charge in [-0.3, -0.25) is 19.2 Å². The summed E-state index contributed by atoms with van der Waals surface area (Å²) in [5.74, 6) is 0.608. The van der Waals surface area contributed by atoms with Crippen LogP contribution < -0.4 is 25.6 Å². The van der Waals surface area contributed by atoms with Gasteiger partial charge >= 0.3 is 0 Å². The van der Waals surface area contributed by atoms with Crippen LogP contribution in [0.4, 0.5) is 0 Å². The van der Waals surface area contributed by atoms with Gasteiger partial charge in [-0.1, -0.05) is 31.2 Å². The number of hydrogen-bond donors (Lipinski definition) is 1. The van der Waals surface area contributed by atoms with E-state index in [4.69, 9.17) is 23.7 Å². The predicted molar refractivity (Wildman–Crippen MR) is 216 cm³/mol. The van der Waals surface area contributed by atoms with E-state index < -0.39 is 0 Å². The number of rotatable bonds is 19. The van der Waals surface area contributed by atoms with Crippen molar-refractivity contribution in [1.29, 1.82) is 0 Å². The van der Waals surface area contributed by atoms with Gasteiger partial charge in [-0.2, -0.15) is 0 Å². The number of ketones is 1. The lowest BCUT2D eigenvalue weighted by atomic mass is 10.1. The lowest BCUT2D eigenvalue weighted by Crippen LogP contribution is -2.39. The zero-order valence-corrected chi connectivity index (χ0v) is 32.1. The molecular weight excluding hydrogens is 727 g/mol. The third kappa shape index (κ3) is 10.3. The molecule has 12 heteroatoms. The highest BCUT2D eigenvalue weighted by molar-refractivity contribution is 7.24. The molecule has 4 aromatic carbocycles. The first-order valence-electron chi connectivity index (χ1n) is 17.9. The smallest absolute Gasteiger partial charge is 0.258 e. The monoisotopic (exact) mass is 769 g/mol. The molecule has 0 saturated heterocycles. The zero-order chi connectivity index (χ0) is 38.0. The molecule has 3 atom stereocenters. The molecule has 0 fully saturated rings. The molecule has 1 N–H and O–H groups in total. The molecule has 54 heavy (non-hydrogen) atoms. The summed E-state index contributed by atoms with van der Waals surface area (Å²) >= 11 is 3.10. The number of fused-ring (bicyclic) bond motifs is 4. The Morgan fingerprint density at radius 2 is 1.19 bits per heavy atom. The van der Waals surface area contributed by atoms with Crippen molar-refractivity contribution in [3.8, 4) is 11.5 Å². The number of ether oxygens (including phenoxy) is 5. The first-order chi connectivity index (χ1) is 26.1. The van der Waals surface area contributed by atoms with Crippen molar-refractivity contribution in [2.45, 2.75) is 39.3 Å². The van der Waals surface area contributed by atoms with E-state index in [0.29, 0.717) is 72.5 Å². The van der Waals surface area contributed by atoms with E-state index in [-0.39, 0.29) is 53.8 Å². The summed E-state index contributed by atoms with van der Waals surface area (Å²) in [5, 5.41) is 5.36. The van der Waals surface area contributed by atoms with Gasteiger partial charge in [0.2, 0.25) is 0 Å². The van der Waals surface area contributed by atoms with E-state index in [2.05, 4.69) is 5.32 Å². The maximum Gasteiger partial charge on any atom is 0.258 e. The molecular formula is C42H43NO9S2. The maximum absolute atomic E-state index is 13.0. The summed E-state index contributed by atoms with van der Waals surface area (Å²) < 4.78 is 32.3. The number of benzene rings is 4. The Morgan fingerprint density at radius 1 is 0.630 bits per heavy atom. The molecule has 0 radical (unpaired) electrons.